The van der Waals surface area contributed by atoms with Crippen LogP contribution in [0.15, 0.2) is 65.1 Å². The van der Waals surface area contributed by atoms with Crippen molar-refractivity contribution in [3.05, 3.63) is 70.7 Å². The summed E-state index contributed by atoms with van der Waals surface area (Å²) in [7, 11) is 0. The minimum absolute atomic E-state index is 0.125. The predicted molar refractivity (Wildman–Crippen MR) is 130 cm³/mol. The van der Waals surface area contributed by atoms with Gasteiger partial charge in [-0.05, 0) is 53.6 Å². The molecule has 1 heterocycles. The molecular formula is C25H26BrN3O2. The fourth-order valence-electron chi connectivity index (χ4n) is 4.01. The van der Waals surface area contributed by atoms with Gasteiger partial charge in [-0.1, -0.05) is 47.1 Å². The van der Waals surface area contributed by atoms with Crippen LogP contribution in [0.5, 0.6) is 0 Å². The molecule has 1 N–H and O–H groups in total. The van der Waals surface area contributed by atoms with Gasteiger partial charge in [-0.25, -0.2) is 0 Å². The minimum atomic E-state index is -0.125. The Morgan fingerprint density at radius 2 is 1.58 bits per heavy atom. The topological polar surface area (TPSA) is 52.7 Å². The molecule has 3 aromatic carbocycles. The molecule has 3 aromatic rings. The number of fused-ring (bicyclic) bond motifs is 1. The van der Waals surface area contributed by atoms with Gasteiger partial charge in [0, 0.05) is 54.0 Å². The fourth-order valence-corrected chi connectivity index (χ4v) is 4.51. The molecule has 0 aliphatic carbocycles. The molecule has 1 saturated heterocycles. The van der Waals surface area contributed by atoms with Gasteiger partial charge in [0.15, 0.2) is 0 Å². The summed E-state index contributed by atoms with van der Waals surface area (Å²) in [5.41, 5.74) is 2.52. The number of halogens is 1. The Bertz CT molecular complexity index is 1090. The van der Waals surface area contributed by atoms with Crippen molar-refractivity contribution in [2.45, 2.75) is 19.8 Å². The van der Waals surface area contributed by atoms with E-state index in [9.17, 15) is 9.59 Å². The van der Waals surface area contributed by atoms with Gasteiger partial charge in [0.2, 0.25) is 5.91 Å². The Morgan fingerprint density at radius 1 is 0.903 bits per heavy atom. The van der Waals surface area contributed by atoms with Crippen LogP contribution in [0.4, 0.5) is 11.4 Å². The van der Waals surface area contributed by atoms with Crippen molar-refractivity contribution in [1.82, 2.24) is 4.90 Å². The van der Waals surface area contributed by atoms with Gasteiger partial charge in [0.25, 0.3) is 5.91 Å². The molecule has 5 nitrogen and oxygen atoms in total. The van der Waals surface area contributed by atoms with Crippen molar-refractivity contribution in [3.63, 3.8) is 0 Å². The van der Waals surface area contributed by atoms with Crippen molar-refractivity contribution >= 4 is 49.9 Å². The number of amides is 2. The summed E-state index contributed by atoms with van der Waals surface area (Å²) >= 11 is 3.55. The van der Waals surface area contributed by atoms with Gasteiger partial charge in [0.1, 0.15) is 0 Å². The minimum Gasteiger partial charge on any atom is -0.368 e. The first kappa shape index (κ1) is 21.4. The zero-order valence-electron chi connectivity index (χ0n) is 17.6. The molecule has 0 saturated carbocycles. The molecule has 0 spiro atoms. The van der Waals surface area contributed by atoms with Crippen LogP contribution in [0.2, 0.25) is 0 Å². The third-order valence-electron chi connectivity index (χ3n) is 5.70. The van der Waals surface area contributed by atoms with Crippen molar-refractivity contribution in [1.29, 1.82) is 0 Å². The van der Waals surface area contributed by atoms with E-state index in [1.54, 1.807) is 0 Å². The highest BCUT2D eigenvalue weighted by atomic mass is 79.9. The first-order valence-electron chi connectivity index (χ1n) is 10.7. The fraction of sp³-hybridized carbons (Fsp3) is 0.280. The maximum atomic E-state index is 12.9. The molecule has 4 rings (SSSR count). The summed E-state index contributed by atoms with van der Waals surface area (Å²) in [6.07, 6.45) is 1.52. The van der Waals surface area contributed by atoms with Gasteiger partial charge in [-0.2, -0.15) is 0 Å². The van der Waals surface area contributed by atoms with E-state index in [1.165, 1.54) is 0 Å². The standard InChI is InChI=1S/C25H26BrN3O2/c1-2-5-24(30)29-16-14-28(15-17-29)19-12-10-18(11-13-19)27-25(31)22-8-3-7-21-20(22)6-4-9-23(21)26/h3-4,6-13H,2,5,14-17H2,1H3,(H,27,31). The van der Waals surface area contributed by atoms with Gasteiger partial charge in [0.05, 0.1) is 0 Å². The summed E-state index contributed by atoms with van der Waals surface area (Å²) in [5, 5.41) is 4.94. The number of rotatable bonds is 5. The van der Waals surface area contributed by atoms with Crippen molar-refractivity contribution in [2.75, 3.05) is 36.4 Å². The highest BCUT2D eigenvalue weighted by molar-refractivity contribution is 9.10. The zero-order valence-corrected chi connectivity index (χ0v) is 19.2. The molecule has 31 heavy (non-hydrogen) atoms. The number of hydrogen-bond acceptors (Lipinski definition) is 3. The average Bonchev–Trinajstić information content (AvgIpc) is 2.80. The number of anilines is 2. The van der Waals surface area contributed by atoms with Crippen LogP contribution in [0.25, 0.3) is 10.8 Å². The lowest BCUT2D eigenvalue weighted by Crippen LogP contribution is -2.48. The maximum Gasteiger partial charge on any atom is 0.256 e. The van der Waals surface area contributed by atoms with Crippen LogP contribution in [-0.4, -0.2) is 42.9 Å². The molecule has 160 valence electrons. The number of benzene rings is 3. The largest absolute Gasteiger partial charge is 0.368 e. The summed E-state index contributed by atoms with van der Waals surface area (Å²) in [6.45, 7) is 5.20. The Hall–Kier alpha value is -2.86. The molecule has 2 amide bonds. The lowest BCUT2D eigenvalue weighted by atomic mass is 10.0. The van der Waals surface area contributed by atoms with E-state index in [4.69, 9.17) is 0 Å². The molecule has 1 aliphatic heterocycles. The van der Waals surface area contributed by atoms with E-state index in [1.807, 2.05) is 72.5 Å². The maximum absolute atomic E-state index is 12.9. The van der Waals surface area contributed by atoms with Crippen LogP contribution in [0, 0.1) is 0 Å². The Kier molecular flexibility index (Phi) is 6.56. The second kappa shape index (κ2) is 9.52. The normalized spacial score (nSPS) is 14.0. The molecular weight excluding hydrogens is 454 g/mol. The van der Waals surface area contributed by atoms with Crippen molar-refractivity contribution in [3.8, 4) is 0 Å². The summed E-state index contributed by atoms with van der Waals surface area (Å²) in [4.78, 5) is 29.2. The molecule has 0 unspecified atom stereocenters. The number of piperazine rings is 1. The average molecular weight is 480 g/mol. The van der Waals surface area contributed by atoms with E-state index < -0.39 is 0 Å². The number of carbonyl (C=O) groups is 2. The quantitative estimate of drug-likeness (QED) is 0.539. The highest BCUT2D eigenvalue weighted by Crippen LogP contribution is 2.27. The van der Waals surface area contributed by atoms with Gasteiger partial charge < -0.3 is 15.1 Å². The first-order chi connectivity index (χ1) is 15.1. The second-order valence-electron chi connectivity index (χ2n) is 7.76. The van der Waals surface area contributed by atoms with Crippen LogP contribution in [0.1, 0.15) is 30.1 Å². The lowest BCUT2D eigenvalue weighted by Gasteiger charge is -2.36. The summed E-state index contributed by atoms with van der Waals surface area (Å²) < 4.78 is 0.973. The third-order valence-corrected chi connectivity index (χ3v) is 6.39. The van der Waals surface area contributed by atoms with Crippen LogP contribution in [-0.2, 0) is 4.79 Å². The van der Waals surface area contributed by atoms with Crippen molar-refractivity contribution in [2.24, 2.45) is 0 Å². The van der Waals surface area contributed by atoms with Crippen LogP contribution in [0.3, 0.4) is 0 Å². The van der Waals surface area contributed by atoms with Gasteiger partial charge in [-0.15, -0.1) is 0 Å². The van der Waals surface area contributed by atoms with E-state index in [0.29, 0.717) is 12.0 Å². The molecule has 1 fully saturated rings. The molecule has 6 heteroatoms. The van der Waals surface area contributed by atoms with E-state index in [0.717, 1.165) is 59.2 Å². The SMILES string of the molecule is CCCC(=O)N1CCN(c2ccc(NC(=O)c3cccc4c(Br)cccc34)cc2)CC1. The number of nitrogens with zero attached hydrogens (tertiary/aromatic N) is 2. The van der Waals surface area contributed by atoms with Crippen LogP contribution < -0.4 is 10.2 Å². The van der Waals surface area contributed by atoms with E-state index in [-0.39, 0.29) is 11.8 Å². The Balaban J connectivity index is 1.41. The Morgan fingerprint density at radius 3 is 2.29 bits per heavy atom. The van der Waals surface area contributed by atoms with Gasteiger partial charge in [-0.3, -0.25) is 9.59 Å². The van der Waals surface area contributed by atoms with Gasteiger partial charge >= 0.3 is 0 Å². The molecule has 0 atom stereocenters. The predicted octanol–water partition coefficient (Wildman–Crippen LogP) is 5.30. The zero-order chi connectivity index (χ0) is 21.8. The van der Waals surface area contributed by atoms with E-state index in [2.05, 4.69) is 26.1 Å². The Labute approximate surface area is 191 Å². The molecule has 0 bridgehead atoms. The molecule has 0 aromatic heterocycles. The second-order valence-corrected chi connectivity index (χ2v) is 8.61. The summed E-state index contributed by atoms with van der Waals surface area (Å²) in [5.74, 6) is 0.125. The number of carbonyl (C=O) groups excluding carboxylic acids is 2. The lowest BCUT2D eigenvalue weighted by molar-refractivity contribution is -0.131. The monoisotopic (exact) mass is 479 g/mol. The number of nitrogens with one attached hydrogen (secondary N) is 1. The van der Waals surface area contributed by atoms with E-state index >= 15 is 0 Å². The van der Waals surface area contributed by atoms with Crippen LogP contribution >= 0.6 is 15.9 Å². The third kappa shape index (κ3) is 4.74. The van der Waals surface area contributed by atoms with Crippen molar-refractivity contribution < 1.29 is 9.59 Å². The summed E-state index contributed by atoms with van der Waals surface area (Å²) in [6, 6.07) is 19.5. The number of hydrogen-bond donors (Lipinski definition) is 1. The first-order valence-corrected chi connectivity index (χ1v) is 11.5. The smallest absolute Gasteiger partial charge is 0.256 e. The molecule has 0 radical (unpaired) electrons. The molecule has 1 aliphatic rings. The highest BCUT2D eigenvalue weighted by Gasteiger charge is 2.20.